The van der Waals surface area contributed by atoms with Crippen LogP contribution in [-0.4, -0.2) is 64.5 Å². The monoisotopic (exact) mass is 546 g/mol. The van der Waals surface area contributed by atoms with Crippen molar-refractivity contribution in [2.45, 2.75) is 19.1 Å². The predicted octanol–water partition coefficient (Wildman–Crippen LogP) is 3.83. The lowest BCUT2D eigenvalue weighted by molar-refractivity contribution is -0.0333. The third-order valence-corrected chi connectivity index (χ3v) is 5.89. The smallest absolute Gasteiger partial charge is 0.195 e. The molecule has 1 aliphatic rings. The summed E-state index contributed by atoms with van der Waals surface area (Å²) in [6, 6.07) is 10.3. The van der Waals surface area contributed by atoms with E-state index in [0.717, 1.165) is 31.9 Å². The first-order chi connectivity index (χ1) is 14.1. The molecule has 166 valence electrons. The molecule has 0 aliphatic carbocycles. The van der Waals surface area contributed by atoms with E-state index in [1.807, 2.05) is 18.2 Å². The van der Waals surface area contributed by atoms with E-state index in [0.29, 0.717) is 17.5 Å². The van der Waals surface area contributed by atoms with Crippen LogP contribution in [0.25, 0.3) is 0 Å². The number of morpholine rings is 1. The minimum Gasteiger partial charge on any atom is -0.493 e. The number of guanidine groups is 1. The molecule has 0 spiro atoms. The van der Waals surface area contributed by atoms with E-state index < -0.39 is 0 Å². The van der Waals surface area contributed by atoms with E-state index in [1.54, 1.807) is 32.6 Å². The van der Waals surface area contributed by atoms with Crippen LogP contribution >= 0.6 is 35.3 Å². The summed E-state index contributed by atoms with van der Waals surface area (Å²) in [7, 11) is 5.03. The Morgan fingerprint density at radius 1 is 1.30 bits per heavy atom. The Morgan fingerprint density at radius 3 is 2.73 bits per heavy atom. The molecule has 9 heteroatoms. The summed E-state index contributed by atoms with van der Waals surface area (Å²) < 4.78 is 16.4. The van der Waals surface area contributed by atoms with Crippen LogP contribution in [0.1, 0.15) is 17.8 Å². The van der Waals surface area contributed by atoms with Gasteiger partial charge in [-0.3, -0.25) is 9.89 Å². The molecule has 1 aromatic heterocycles. The van der Waals surface area contributed by atoms with Gasteiger partial charge in [-0.15, -0.1) is 35.3 Å². The van der Waals surface area contributed by atoms with Crippen molar-refractivity contribution in [3.63, 3.8) is 0 Å². The summed E-state index contributed by atoms with van der Waals surface area (Å²) in [5.41, 5.74) is 0.878. The maximum Gasteiger partial charge on any atom is 0.195 e. The van der Waals surface area contributed by atoms with Gasteiger partial charge in [0.25, 0.3) is 0 Å². The number of ether oxygens (including phenoxy) is 3. The van der Waals surface area contributed by atoms with Crippen LogP contribution in [0.5, 0.6) is 11.5 Å². The zero-order chi connectivity index (χ0) is 20.6. The first kappa shape index (κ1) is 24.7. The van der Waals surface area contributed by atoms with Gasteiger partial charge in [-0.2, -0.15) is 0 Å². The fourth-order valence-electron chi connectivity index (χ4n) is 3.44. The maximum atomic E-state index is 5.73. The van der Waals surface area contributed by atoms with E-state index in [2.05, 4.69) is 45.0 Å². The van der Waals surface area contributed by atoms with E-state index in [4.69, 9.17) is 14.2 Å². The number of methoxy groups -OCH3 is 2. The molecule has 0 bridgehead atoms. The van der Waals surface area contributed by atoms with Crippen LogP contribution < -0.4 is 20.1 Å². The number of thiophene rings is 1. The van der Waals surface area contributed by atoms with Crippen LogP contribution in [-0.2, 0) is 4.74 Å². The number of hydrogen-bond acceptors (Lipinski definition) is 6. The molecule has 0 saturated carbocycles. The van der Waals surface area contributed by atoms with Crippen molar-refractivity contribution in [1.29, 1.82) is 0 Å². The summed E-state index contributed by atoms with van der Waals surface area (Å²) in [5, 5.41) is 8.93. The van der Waals surface area contributed by atoms with Crippen molar-refractivity contribution in [3.05, 3.63) is 40.6 Å². The van der Waals surface area contributed by atoms with Crippen LogP contribution in [0.2, 0.25) is 0 Å². The number of halogens is 1. The van der Waals surface area contributed by atoms with Crippen molar-refractivity contribution >= 4 is 47.0 Å². The fourth-order valence-corrected chi connectivity index (χ4v) is 4.30. The minimum atomic E-state index is 0. The standard InChI is InChI=1S/C21H30N4O3S.HI/c1-15-14-25(9-10-28-15)17(20-6-5-11-29-20)13-23-21(22-2)24-16-7-8-18(26-3)19(12-16)27-4;/h5-8,11-12,15,17H,9-10,13-14H2,1-4H3,(H2,22,23,24);1H. The average molecular weight is 546 g/mol. The van der Waals surface area contributed by atoms with Gasteiger partial charge in [-0.05, 0) is 30.5 Å². The third-order valence-electron chi connectivity index (χ3n) is 4.92. The van der Waals surface area contributed by atoms with Crippen LogP contribution in [0, 0.1) is 0 Å². The molecule has 2 atom stereocenters. The average Bonchev–Trinajstić information content (AvgIpc) is 3.27. The lowest BCUT2D eigenvalue weighted by Gasteiger charge is -2.37. The Labute approximate surface area is 199 Å². The highest BCUT2D eigenvalue weighted by Crippen LogP contribution is 2.30. The number of nitrogens with one attached hydrogen (secondary N) is 2. The van der Waals surface area contributed by atoms with Gasteiger partial charge in [0.15, 0.2) is 17.5 Å². The second kappa shape index (κ2) is 12.3. The number of aliphatic imine (C=N–C) groups is 1. The van der Waals surface area contributed by atoms with E-state index in [-0.39, 0.29) is 36.1 Å². The molecule has 3 rings (SSSR count). The zero-order valence-corrected chi connectivity index (χ0v) is 21.0. The normalized spacial score (nSPS) is 18.3. The highest BCUT2D eigenvalue weighted by molar-refractivity contribution is 14.0. The van der Waals surface area contributed by atoms with Crippen molar-refractivity contribution in [2.24, 2.45) is 4.99 Å². The Balaban J connectivity index is 0.00000320. The summed E-state index contributed by atoms with van der Waals surface area (Å²) >= 11 is 1.78. The largest absolute Gasteiger partial charge is 0.493 e. The fraction of sp³-hybridized carbons (Fsp3) is 0.476. The first-order valence-electron chi connectivity index (χ1n) is 9.73. The van der Waals surface area contributed by atoms with Gasteiger partial charge in [0, 0.05) is 43.3 Å². The molecule has 1 fully saturated rings. The second-order valence-electron chi connectivity index (χ2n) is 6.86. The van der Waals surface area contributed by atoms with Crippen LogP contribution in [0.3, 0.4) is 0 Å². The zero-order valence-electron chi connectivity index (χ0n) is 17.9. The van der Waals surface area contributed by atoms with Crippen molar-refractivity contribution in [3.8, 4) is 11.5 Å². The quantitative estimate of drug-likeness (QED) is 0.313. The molecule has 2 heterocycles. The number of benzene rings is 1. The Bertz CT molecular complexity index is 804. The maximum absolute atomic E-state index is 5.73. The van der Waals surface area contributed by atoms with Gasteiger partial charge in [0.1, 0.15) is 0 Å². The number of rotatable bonds is 7. The number of hydrogen-bond donors (Lipinski definition) is 2. The molecule has 7 nitrogen and oxygen atoms in total. The summed E-state index contributed by atoms with van der Waals surface area (Å²) in [5.74, 6) is 2.08. The van der Waals surface area contributed by atoms with Gasteiger partial charge in [-0.1, -0.05) is 6.07 Å². The molecule has 0 radical (unpaired) electrons. The summed E-state index contributed by atoms with van der Waals surface area (Å²) in [6.07, 6.45) is 0.246. The Kier molecular flexibility index (Phi) is 10.2. The molecule has 1 aliphatic heterocycles. The van der Waals surface area contributed by atoms with Gasteiger partial charge in [0.05, 0.1) is 33.0 Å². The first-order valence-corrected chi connectivity index (χ1v) is 10.6. The third kappa shape index (κ3) is 6.47. The molecular weight excluding hydrogens is 515 g/mol. The topological polar surface area (TPSA) is 67.4 Å². The molecule has 2 unspecified atom stereocenters. The second-order valence-corrected chi connectivity index (χ2v) is 7.83. The summed E-state index contributed by atoms with van der Waals surface area (Å²) in [4.78, 5) is 8.20. The minimum absolute atomic E-state index is 0. The van der Waals surface area contributed by atoms with E-state index in [1.165, 1.54) is 4.88 Å². The van der Waals surface area contributed by atoms with Gasteiger partial charge in [-0.25, -0.2) is 0 Å². The highest BCUT2D eigenvalue weighted by atomic mass is 127. The van der Waals surface area contributed by atoms with Crippen LogP contribution in [0.4, 0.5) is 5.69 Å². The van der Waals surface area contributed by atoms with Gasteiger partial charge >= 0.3 is 0 Å². The lowest BCUT2D eigenvalue weighted by atomic mass is 10.1. The van der Waals surface area contributed by atoms with Crippen molar-refractivity contribution in [2.75, 3.05) is 52.8 Å². The van der Waals surface area contributed by atoms with E-state index >= 15 is 0 Å². The molecule has 2 N–H and O–H groups in total. The molecule has 1 saturated heterocycles. The molecule has 2 aromatic rings. The Morgan fingerprint density at radius 2 is 2.10 bits per heavy atom. The van der Waals surface area contributed by atoms with Gasteiger partial charge < -0.3 is 24.8 Å². The molecule has 1 aromatic carbocycles. The predicted molar refractivity (Wildman–Crippen MR) is 134 cm³/mol. The molecule has 30 heavy (non-hydrogen) atoms. The van der Waals surface area contributed by atoms with Gasteiger partial charge in [0.2, 0.25) is 0 Å². The van der Waals surface area contributed by atoms with Crippen LogP contribution in [0.15, 0.2) is 40.7 Å². The Hall–Kier alpha value is -1.56. The molecular formula is C21H31IN4O3S. The van der Waals surface area contributed by atoms with Crippen molar-refractivity contribution < 1.29 is 14.2 Å². The lowest BCUT2D eigenvalue weighted by Crippen LogP contribution is -2.47. The SMILES string of the molecule is CN=C(NCC(c1cccs1)N1CCOC(C)C1)Nc1ccc(OC)c(OC)c1.I. The number of anilines is 1. The number of nitrogens with zero attached hydrogens (tertiary/aromatic N) is 2. The van der Waals surface area contributed by atoms with Crippen molar-refractivity contribution in [1.82, 2.24) is 10.2 Å². The van der Waals surface area contributed by atoms with E-state index in [9.17, 15) is 0 Å². The highest BCUT2D eigenvalue weighted by Gasteiger charge is 2.26. The summed E-state index contributed by atoms with van der Waals surface area (Å²) in [6.45, 7) is 5.49. The molecule has 0 amide bonds.